The third kappa shape index (κ3) is 7.85. The molecule has 0 aliphatic rings. The number of hydrogen-bond donors (Lipinski definition) is 2. The smallest absolute Gasteiger partial charge is 0.408 e. The van der Waals surface area contributed by atoms with Gasteiger partial charge in [-0.3, -0.25) is 0 Å². The molecule has 0 aliphatic heterocycles. The number of aryl methyl sites for hydroxylation is 1. The van der Waals surface area contributed by atoms with Gasteiger partial charge in [-0.05, 0) is 62.6 Å². The van der Waals surface area contributed by atoms with Crippen LogP contribution >= 0.6 is 0 Å². The monoisotopic (exact) mass is 429 g/mol. The van der Waals surface area contributed by atoms with Crippen LogP contribution in [0.15, 0.2) is 42.5 Å². The Morgan fingerprint density at radius 2 is 1.71 bits per heavy atom. The zero-order chi connectivity index (χ0) is 23.0. The SMILES string of the molecule is CCc1ccc(OCc2cc(CC(NC(=O)OC(C)(C)C)C(=O)O)ccc2OC)cc1. The molecule has 0 aliphatic carbocycles. The average molecular weight is 430 g/mol. The van der Waals surface area contributed by atoms with Gasteiger partial charge in [-0.25, -0.2) is 9.59 Å². The lowest BCUT2D eigenvalue weighted by molar-refractivity contribution is -0.139. The van der Waals surface area contributed by atoms with Gasteiger partial charge in [0.15, 0.2) is 0 Å². The summed E-state index contributed by atoms with van der Waals surface area (Å²) in [7, 11) is 1.57. The number of carboxylic acid groups (broad SMARTS) is 1. The first-order valence-corrected chi connectivity index (χ1v) is 10.2. The zero-order valence-corrected chi connectivity index (χ0v) is 18.7. The Balaban J connectivity index is 2.11. The summed E-state index contributed by atoms with van der Waals surface area (Å²) in [6.45, 7) is 7.50. The molecule has 2 aromatic carbocycles. The second-order valence-electron chi connectivity index (χ2n) is 8.17. The number of methoxy groups -OCH3 is 1. The van der Waals surface area contributed by atoms with E-state index in [1.807, 2.05) is 30.3 Å². The molecule has 1 atom stereocenters. The highest BCUT2D eigenvalue weighted by Crippen LogP contribution is 2.23. The van der Waals surface area contributed by atoms with E-state index in [1.165, 1.54) is 5.56 Å². The van der Waals surface area contributed by atoms with Crippen LogP contribution in [0.3, 0.4) is 0 Å². The van der Waals surface area contributed by atoms with Crippen molar-refractivity contribution in [3.05, 3.63) is 59.2 Å². The van der Waals surface area contributed by atoms with Crippen molar-refractivity contribution in [2.75, 3.05) is 7.11 Å². The minimum absolute atomic E-state index is 0.0940. The Hall–Kier alpha value is -3.22. The van der Waals surface area contributed by atoms with Gasteiger partial charge in [0.1, 0.15) is 29.7 Å². The van der Waals surface area contributed by atoms with Crippen molar-refractivity contribution in [3.63, 3.8) is 0 Å². The number of amides is 1. The number of hydrogen-bond acceptors (Lipinski definition) is 5. The predicted molar refractivity (Wildman–Crippen MR) is 118 cm³/mol. The molecule has 2 rings (SSSR count). The van der Waals surface area contributed by atoms with Gasteiger partial charge in [0.05, 0.1) is 7.11 Å². The Bertz CT molecular complexity index is 886. The third-order valence-corrected chi connectivity index (χ3v) is 4.50. The van der Waals surface area contributed by atoms with Gasteiger partial charge in [0, 0.05) is 12.0 Å². The summed E-state index contributed by atoms with van der Waals surface area (Å²) in [5.41, 5.74) is 2.02. The molecule has 0 fully saturated rings. The second-order valence-corrected chi connectivity index (χ2v) is 8.17. The standard InChI is InChI=1S/C24H31NO6/c1-6-16-7-10-19(11-8-16)30-15-18-13-17(9-12-21(18)29-5)14-20(22(26)27)25-23(28)31-24(2,3)4/h7-13,20H,6,14-15H2,1-5H3,(H,25,28)(H,26,27). The summed E-state index contributed by atoms with van der Waals surface area (Å²) in [5, 5.41) is 11.9. The fourth-order valence-electron chi connectivity index (χ4n) is 2.94. The van der Waals surface area contributed by atoms with Crippen molar-refractivity contribution >= 4 is 12.1 Å². The molecule has 7 heteroatoms. The van der Waals surface area contributed by atoms with E-state index in [1.54, 1.807) is 40.0 Å². The van der Waals surface area contributed by atoms with E-state index in [4.69, 9.17) is 14.2 Å². The van der Waals surface area contributed by atoms with Crippen LogP contribution in [0.4, 0.5) is 4.79 Å². The molecule has 2 aromatic rings. The molecule has 1 unspecified atom stereocenters. The molecule has 7 nitrogen and oxygen atoms in total. The Labute approximate surface area is 183 Å². The minimum atomic E-state index is -1.14. The van der Waals surface area contributed by atoms with E-state index in [0.29, 0.717) is 5.75 Å². The highest BCUT2D eigenvalue weighted by atomic mass is 16.6. The molecule has 0 radical (unpaired) electrons. The maximum Gasteiger partial charge on any atom is 0.408 e. The molecule has 0 saturated carbocycles. The normalized spacial score (nSPS) is 12.0. The number of benzene rings is 2. The topological polar surface area (TPSA) is 94.1 Å². The molecule has 168 valence electrons. The van der Waals surface area contributed by atoms with Crippen LogP contribution < -0.4 is 14.8 Å². The Kier molecular flexibility index (Phi) is 8.30. The summed E-state index contributed by atoms with van der Waals surface area (Å²) in [4.78, 5) is 23.7. The number of aliphatic carboxylic acids is 1. The van der Waals surface area contributed by atoms with Gasteiger partial charge in [0.2, 0.25) is 0 Å². The van der Waals surface area contributed by atoms with Crippen molar-refractivity contribution in [2.45, 2.75) is 58.8 Å². The number of nitrogens with one attached hydrogen (secondary N) is 1. The first-order valence-electron chi connectivity index (χ1n) is 10.2. The first kappa shape index (κ1) is 24.1. The van der Waals surface area contributed by atoms with Crippen LogP contribution in [0.5, 0.6) is 11.5 Å². The zero-order valence-electron chi connectivity index (χ0n) is 18.7. The molecule has 0 bridgehead atoms. The van der Waals surface area contributed by atoms with E-state index >= 15 is 0 Å². The number of alkyl carbamates (subject to hydrolysis) is 1. The van der Waals surface area contributed by atoms with Gasteiger partial charge in [-0.1, -0.05) is 25.1 Å². The molecule has 0 spiro atoms. The summed E-state index contributed by atoms with van der Waals surface area (Å²) >= 11 is 0. The van der Waals surface area contributed by atoms with Crippen LogP contribution in [0.1, 0.15) is 44.4 Å². The number of rotatable bonds is 9. The fourth-order valence-corrected chi connectivity index (χ4v) is 2.94. The van der Waals surface area contributed by atoms with Crippen molar-refractivity contribution in [1.82, 2.24) is 5.32 Å². The maximum absolute atomic E-state index is 12.0. The van der Waals surface area contributed by atoms with Crippen molar-refractivity contribution in [3.8, 4) is 11.5 Å². The number of carbonyl (C=O) groups excluding carboxylic acids is 1. The maximum atomic E-state index is 12.0. The van der Waals surface area contributed by atoms with E-state index in [0.717, 1.165) is 23.3 Å². The Morgan fingerprint density at radius 1 is 1.06 bits per heavy atom. The summed E-state index contributed by atoms with van der Waals surface area (Å²) in [5.74, 6) is 0.232. The predicted octanol–water partition coefficient (Wildman–Crippen LogP) is 4.36. The molecule has 31 heavy (non-hydrogen) atoms. The molecule has 1 amide bonds. The molecular weight excluding hydrogens is 398 g/mol. The minimum Gasteiger partial charge on any atom is -0.496 e. The molecule has 0 heterocycles. The van der Waals surface area contributed by atoms with Gasteiger partial charge in [0.25, 0.3) is 0 Å². The van der Waals surface area contributed by atoms with Crippen molar-refractivity contribution in [1.29, 1.82) is 0 Å². The summed E-state index contributed by atoms with van der Waals surface area (Å²) in [6.07, 6.45) is 0.280. The first-order chi connectivity index (χ1) is 14.6. The fraction of sp³-hybridized carbons (Fsp3) is 0.417. The lowest BCUT2D eigenvalue weighted by Gasteiger charge is -2.22. The van der Waals surface area contributed by atoms with E-state index in [-0.39, 0.29) is 13.0 Å². The van der Waals surface area contributed by atoms with Gasteiger partial charge in [-0.2, -0.15) is 0 Å². The van der Waals surface area contributed by atoms with Crippen molar-refractivity contribution in [2.24, 2.45) is 0 Å². The Morgan fingerprint density at radius 3 is 2.26 bits per heavy atom. The van der Waals surface area contributed by atoms with Crippen LogP contribution in [-0.2, 0) is 29.0 Å². The summed E-state index contributed by atoms with van der Waals surface area (Å²) in [6, 6.07) is 12.1. The number of ether oxygens (including phenoxy) is 3. The number of carboxylic acids is 1. The third-order valence-electron chi connectivity index (χ3n) is 4.50. The van der Waals surface area contributed by atoms with Crippen LogP contribution in [0.25, 0.3) is 0 Å². The molecule has 0 aromatic heterocycles. The number of carbonyl (C=O) groups is 2. The molecule has 2 N–H and O–H groups in total. The largest absolute Gasteiger partial charge is 0.496 e. The van der Waals surface area contributed by atoms with Crippen LogP contribution in [-0.4, -0.2) is 35.9 Å². The van der Waals surface area contributed by atoms with E-state index in [2.05, 4.69) is 12.2 Å². The van der Waals surface area contributed by atoms with E-state index in [9.17, 15) is 14.7 Å². The van der Waals surface area contributed by atoms with Gasteiger partial charge < -0.3 is 24.6 Å². The van der Waals surface area contributed by atoms with Crippen molar-refractivity contribution < 1.29 is 28.9 Å². The van der Waals surface area contributed by atoms with Crippen LogP contribution in [0, 0.1) is 0 Å². The lowest BCUT2D eigenvalue weighted by Crippen LogP contribution is -2.44. The highest BCUT2D eigenvalue weighted by Gasteiger charge is 2.24. The second kappa shape index (κ2) is 10.7. The lowest BCUT2D eigenvalue weighted by atomic mass is 10.0. The molecular formula is C24H31NO6. The van der Waals surface area contributed by atoms with Gasteiger partial charge >= 0.3 is 12.1 Å². The van der Waals surface area contributed by atoms with Crippen LogP contribution in [0.2, 0.25) is 0 Å². The average Bonchev–Trinajstić information content (AvgIpc) is 2.70. The van der Waals surface area contributed by atoms with E-state index < -0.39 is 23.7 Å². The highest BCUT2D eigenvalue weighted by molar-refractivity contribution is 5.80. The quantitative estimate of drug-likeness (QED) is 0.615. The molecule has 0 saturated heterocycles. The van der Waals surface area contributed by atoms with Gasteiger partial charge in [-0.15, -0.1) is 0 Å². The summed E-state index contributed by atoms with van der Waals surface area (Å²) < 4.78 is 16.5.